The Kier molecular flexibility index (Phi) is 6.31. The maximum absolute atomic E-state index is 12.8. The summed E-state index contributed by atoms with van der Waals surface area (Å²) in [5.41, 5.74) is 3.58. The van der Waals surface area contributed by atoms with Crippen molar-refractivity contribution in [3.8, 4) is 5.75 Å². The van der Waals surface area contributed by atoms with E-state index in [1.165, 1.54) is 7.11 Å². The highest BCUT2D eigenvalue weighted by Crippen LogP contribution is 2.22. The molecule has 0 aliphatic carbocycles. The Bertz CT molecular complexity index is 864. The molecule has 0 saturated carbocycles. The third-order valence-corrected chi connectivity index (χ3v) is 4.93. The zero-order chi connectivity index (χ0) is 20.1. The van der Waals surface area contributed by atoms with Gasteiger partial charge in [0.15, 0.2) is 0 Å². The zero-order valence-corrected chi connectivity index (χ0v) is 16.4. The Hall–Kier alpha value is -2.86. The van der Waals surface area contributed by atoms with Gasteiger partial charge >= 0.3 is 5.97 Å². The van der Waals surface area contributed by atoms with E-state index in [9.17, 15) is 9.59 Å². The predicted octanol–water partition coefficient (Wildman–Crippen LogP) is 2.97. The standard InChI is InChI=1S/C22H25NO5/c1-15(28-14-16-5-4-6-20(11-16)26-2)21(24)23-10-9-17-7-8-18(22(25)27-3)12-19(17)13-23/h4-8,11-12,15H,9-10,13-14H2,1-3H3. The molecular weight excluding hydrogens is 358 g/mol. The van der Waals surface area contributed by atoms with E-state index in [0.29, 0.717) is 25.3 Å². The van der Waals surface area contributed by atoms with Crippen molar-refractivity contribution in [2.75, 3.05) is 20.8 Å². The molecular formula is C22H25NO5. The molecule has 2 aromatic carbocycles. The molecule has 6 nitrogen and oxygen atoms in total. The number of carbonyl (C=O) groups is 2. The van der Waals surface area contributed by atoms with Crippen LogP contribution >= 0.6 is 0 Å². The molecule has 0 radical (unpaired) electrons. The predicted molar refractivity (Wildman–Crippen MR) is 104 cm³/mol. The summed E-state index contributed by atoms with van der Waals surface area (Å²) in [7, 11) is 2.98. The maximum Gasteiger partial charge on any atom is 0.337 e. The fourth-order valence-corrected chi connectivity index (χ4v) is 3.30. The first-order chi connectivity index (χ1) is 13.5. The maximum atomic E-state index is 12.8. The Morgan fingerprint density at radius 1 is 1.11 bits per heavy atom. The first kappa shape index (κ1) is 19.9. The quantitative estimate of drug-likeness (QED) is 0.718. The molecule has 1 atom stereocenters. The molecule has 0 fully saturated rings. The highest BCUT2D eigenvalue weighted by Gasteiger charge is 2.26. The highest BCUT2D eigenvalue weighted by atomic mass is 16.5. The van der Waals surface area contributed by atoms with E-state index in [0.717, 1.165) is 28.9 Å². The fraction of sp³-hybridized carbons (Fsp3) is 0.364. The van der Waals surface area contributed by atoms with E-state index < -0.39 is 6.10 Å². The van der Waals surface area contributed by atoms with Gasteiger partial charge < -0.3 is 19.1 Å². The summed E-state index contributed by atoms with van der Waals surface area (Å²) >= 11 is 0. The minimum absolute atomic E-state index is 0.0583. The summed E-state index contributed by atoms with van der Waals surface area (Å²) in [5.74, 6) is 0.326. The van der Waals surface area contributed by atoms with Crippen LogP contribution in [0.5, 0.6) is 5.75 Å². The lowest BCUT2D eigenvalue weighted by atomic mass is 9.97. The van der Waals surface area contributed by atoms with Gasteiger partial charge in [-0.15, -0.1) is 0 Å². The van der Waals surface area contributed by atoms with Gasteiger partial charge in [0.2, 0.25) is 0 Å². The Morgan fingerprint density at radius 3 is 2.68 bits per heavy atom. The molecule has 1 heterocycles. The van der Waals surface area contributed by atoms with E-state index in [-0.39, 0.29) is 11.9 Å². The first-order valence-corrected chi connectivity index (χ1v) is 9.25. The molecule has 0 saturated heterocycles. The van der Waals surface area contributed by atoms with Crippen LogP contribution in [0.1, 0.15) is 34.0 Å². The van der Waals surface area contributed by atoms with Gasteiger partial charge in [-0.2, -0.15) is 0 Å². The number of esters is 1. The average molecular weight is 383 g/mol. The van der Waals surface area contributed by atoms with Crippen LogP contribution in [-0.4, -0.2) is 43.6 Å². The number of carbonyl (C=O) groups excluding carboxylic acids is 2. The monoisotopic (exact) mass is 383 g/mol. The highest BCUT2D eigenvalue weighted by molar-refractivity contribution is 5.89. The molecule has 148 valence electrons. The molecule has 28 heavy (non-hydrogen) atoms. The summed E-state index contributed by atoms with van der Waals surface area (Å²) in [5, 5.41) is 0. The molecule has 0 aromatic heterocycles. The third-order valence-electron chi connectivity index (χ3n) is 4.93. The van der Waals surface area contributed by atoms with E-state index in [1.807, 2.05) is 36.4 Å². The van der Waals surface area contributed by atoms with Crippen molar-refractivity contribution in [1.82, 2.24) is 4.90 Å². The largest absolute Gasteiger partial charge is 0.497 e. The number of nitrogens with zero attached hydrogens (tertiary/aromatic N) is 1. The molecule has 1 aliphatic heterocycles. The van der Waals surface area contributed by atoms with Crippen molar-refractivity contribution >= 4 is 11.9 Å². The lowest BCUT2D eigenvalue weighted by Gasteiger charge is -2.31. The van der Waals surface area contributed by atoms with Crippen molar-refractivity contribution in [3.05, 3.63) is 64.7 Å². The van der Waals surface area contributed by atoms with Gasteiger partial charge in [0, 0.05) is 13.1 Å². The normalized spacial score (nSPS) is 14.2. The molecule has 3 rings (SSSR count). The van der Waals surface area contributed by atoms with E-state index in [1.54, 1.807) is 25.0 Å². The van der Waals surface area contributed by atoms with Crippen molar-refractivity contribution in [3.63, 3.8) is 0 Å². The lowest BCUT2D eigenvalue weighted by Crippen LogP contribution is -2.42. The summed E-state index contributed by atoms with van der Waals surface area (Å²) in [6.07, 6.45) is 0.196. The SMILES string of the molecule is COC(=O)c1ccc2c(c1)CN(C(=O)C(C)OCc1cccc(OC)c1)CC2. The van der Waals surface area contributed by atoms with Gasteiger partial charge in [-0.05, 0) is 54.3 Å². The number of hydrogen-bond acceptors (Lipinski definition) is 5. The minimum Gasteiger partial charge on any atom is -0.497 e. The smallest absolute Gasteiger partial charge is 0.337 e. The van der Waals surface area contributed by atoms with Crippen LogP contribution in [0.2, 0.25) is 0 Å². The van der Waals surface area contributed by atoms with Crippen LogP contribution in [0.25, 0.3) is 0 Å². The van der Waals surface area contributed by atoms with Crippen LogP contribution in [0.3, 0.4) is 0 Å². The second kappa shape index (κ2) is 8.89. The van der Waals surface area contributed by atoms with Crippen molar-refractivity contribution in [2.24, 2.45) is 0 Å². The third kappa shape index (κ3) is 4.51. The number of fused-ring (bicyclic) bond motifs is 1. The second-order valence-corrected chi connectivity index (χ2v) is 6.79. The fourth-order valence-electron chi connectivity index (χ4n) is 3.30. The number of rotatable bonds is 6. The molecule has 1 unspecified atom stereocenters. The molecule has 2 aromatic rings. The average Bonchev–Trinajstić information content (AvgIpc) is 2.75. The van der Waals surface area contributed by atoms with E-state index in [2.05, 4.69) is 0 Å². The number of amides is 1. The number of ether oxygens (including phenoxy) is 3. The van der Waals surface area contributed by atoms with Gasteiger partial charge in [-0.3, -0.25) is 4.79 Å². The zero-order valence-electron chi connectivity index (χ0n) is 16.4. The number of benzene rings is 2. The topological polar surface area (TPSA) is 65.1 Å². The Morgan fingerprint density at radius 2 is 1.93 bits per heavy atom. The summed E-state index contributed by atoms with van der Waals surface area (Å²) in [6, 6.07) is 13.1. The van der Waals surface area contributed by atoms with Crippen molar-refractivity contribution in [2.45, 2.75) is 32.6 Å². The number of methoxy groups -OCH3 is 2. The summed E-state index contributed by atoms with van der Waals surface area (Å²) in [4.78, 5) is 26.3. The van der Waals surface area contributed by atoms with Gasteiger partial charge in [-0.1, -0.05) is 18.2 Å². The van der Waals surface area contributed by atoms with Gasteiger partial charge in [0.05, 0.1) is 26.4 Å². The van der Waals surface area contributed by atoms with E-state index in [4.69, 9.17) is 14.2 Å². The van der Waals surface area contributed by atoms with Crippen molar-refractivity contribution < 1.29 is 23.8 Å². The van der Waals surface area contributed by atoms with Gasteiger partial charge in [-0.25, -0.2) is 4.79 Å². The molecule has 1 aliphatic rings. The lowest BCUT2D eigenvalue weighted by molar-refractivity contribution is -0.144. The molecule has 0 bridgehead atoms. The Labute approximate surface area is 165 Å². The van der Waals surface area contributed by atoms with E-state index >= 15 is 0 Å². The summed E-state index contributed by atoms with van der Waals surface area (Å²) in [6.45, 7) is 3.20. The molecule has 1 amide bonds. The van der Waals surface area contributed by atoms with Crippen LogP contribution < -0.4 is 4.74 Å². The first-order valence-electron chi connectivity index (χ1n) is 9.25. The molecule has 6 heteroatoms. The second-order valence-electron chi connectivity index (χ2n) is 6.79. The van der Waals surface area contributed by atoms with Gasteiger partial charge in [0.25, 0.3) is 5.91 Å². The van der Waals surface area contributed by atoms with Crippen LogP contribution in [-0.2, 0) is 33.8 Å². The van der Waals surface area contributed by atoms with Crippen molar-refractivity contribution in [1.29, 1.82) is 0 Å². The Balaban J connectivity index is 1.62. The molecule has 0 N–H and O–H groups in total. The van der Waals surface area contributed by atoms with Crippen LogP contribution in [0.15, 0.2) is 42.5 Å². The minimum atomic E-state index is -0.559. The number of hydrogen-bond donors (Lipinski definition) is 0. The van der Waals surface area contributed by atoms with Crippen LogP contribution in [0.4, 0.5) is 0 Å². The summed E-state index contributed by atoms with van der Waals surface area (Å²) < 4.78 is 15.8. The van der Waals surface area contributed by atoms with Gasteiger partial charge in [0.1, 0.15) is 11.9 Å². The molecule has 0 spiro atoms. The van der Waals surface area contributed by atoms with Crippen LogP contribution in [0, 0.1) is 0 Å².